The molecule has 0 radical (unpaired) electrons. The quantitative estimate of drug-likeness (QED) is 0.266. The maximum atomic E-state index is 13.5. The molecular formula is C29H34BrN3O7S2. The Balaban J connectivity index is 1.36. The van der Waals surface area contributed by atoms with Crippen molar-refractivity contribution in [1.29, 1.82) is 0 Å². The normalized spacial score (nSPS) is 14.2. The summed E-state index contributed by atoms with van der Waals surface area (Å²) in [6, 6.07) is 18.8. The summed E-state index contributed by atoms with van der Waals surface area (Å²) in [5.41, 5.74) is 0.312. The molecule has 0 bridgehead atoms. The number of ether oxygens (including phenoxy) is 2. The second kappa shape index (κ2) is 14.4. The first-order chi connectivity index (χ1) is 20.1. The van der Waals surface area contributed by atoms with Gasteiger partial charge in [-0.1, -0.05) is 22.4 Å². The van der Waals surface area contributed by atoms with Gasteiger partial charge >= 0.3 is 0 Å². The van der Waals surface area contributed by atoms with Crippen molar-refractivity contribution < 1.29 is 31.1 Å². The highest BCUT2D eigenvalue weighted by atomic mass is 79.9. The molecule has 0 aromatic heterocycles. The van der Waals surface area contributed by atoms with Crippen LogP contribution in [0.3, 0.4) is 0 Å². The van der Waals surface area contributed by atoms with Gasteiger partial charge in [0.15, 0.2) is 0 Å². The molecule has 3 aromatic rings. The maximum Gasteiger partial charge on any atom is 0.264 e. The third kappa shape index (κ3) is 8.03. The first kappa shape index (κ1) is 31.8. The fourth-order valence-corrected chi connectivity index (χ4v) is 7.63. The number of carbonyl (C=O) groups is 1. The number of hydrogen-bond donors (Lipinski definition) is 1. The molecule has 0 atom stereocenters. The molecule has 1 N–H and O–H groups in total. The standard InChI is InChI=1S/C29H34BrN3O7S2/c1-2-39-25-10-8-24(9-11-25)33(42(37,38)28-14-6-23(30)7-15-28)22-29(34)31-18-21-40-26-12-16-27(17-13-26)41(35,36)32-19-4-3-5-20-32/h6-17H,2-5,18-22H2,1H3,(H,31,34). The molecule has 1 fully saturated rings. The van der Waals surface area contributed by atoms with Crippen molar-refractivity contribution in [3.63, 3.8) is 0 Å². The van der Waals surface area contributed by atoms with E-state index in [1.165, 1.54) is 28.6 Å². The van der Waals surface area contributed by atoms with Crippen LogP contribution < -0.4 is 19.1 Å². The maximum absolute atomic E-state index is 13.5. The van der Waals surface area contributed by atoms with Gasteiger partial charge in [-0.3, -0.25) is 9.10 Å². The van der Waals surface area contributed by atoms with Gasteiger partial charge in [0.1, 0.15) is 24.7 Å². The summed E-state index contributed by atoms with van der Waals surface area (Å²) in [6.45, 7) is 3.14. The highest BCUT2D eigenvalue weighted by Gasteiger charge is 2.28. The summed E-state index contributed by atoms with van der Waals surface area (Å²) in [5.74, 6) is 0.521. The van der Waals surface area contributed by atoms with Crippen molar-refractivity contribution in [2.24, 2.45) is 0 Å². The summed E-state index contributed by atoms with van der Waals surface area (Å²) in [6.07, 6.45) is 2.76. The number of sulfonamides is 2. The first-order valence-corrected chi connectivity index (χ1v) is 17.3. The average Bonchev–Trinajstić information content (AvgIpc) is 2.99. The number of nitrogens with one attached hydrogen (secondary N) is 1. The minimum atomic E-state index is -4.06. The molecule has 226 valence electrons. The van der Waals surface area contributed by atoms with Gasteiger partial charge in [-0.05, 0) is 92.6 Å². The molecule has 1 aliphatic heterocycles. The topological polar surface area (TPSA) is 122 Å². The van der Waals surface area contributed by atoms with E-state index in [9.17, 15) is 21.6 Å². The van der Waals surface area contributed by atoms with Crippen molar-refractivity contribution >= 4 is 47.6 Å². The fraction of sp³-hybridized carbons (Fsp3) is 0.345. The molecule has 1 amide bonds. The van der Waals surface area contributed by atoms with E-state index in [2.05, 4.69) is 21.2 Å². The van der Waals surface area contributed by atoms with Crippen LogP contribution in [0.2, 0.25) is 0 Å². The summed E-state index contributed by atoms with van der Waals surface area (Å²) in [5, 5.41) is 2.69. The van der Waals surface area contributed by atoms with Crippen LogP contribution in [0.5, 0.6) is 11.5 Å². The minimum absolute atomic E-state index is 0.0430. The number of anilines is 1. The Morgan fingerprint density at radius 3 is 2.02 bits per heavy atom. The fourth-order valence-electron chi connectivity index (χ4n) is 4.43. The van der Waals surface area contributed by atoms with Crippen LogP contribution in [0.15, 0.2) is 87.1 Å². The van der Waals surface area contributed by atoms with Crippen LogP contribution in [0.4, 0.5) is 5.69 Å². The highest BCUT2D eigenvalue weighted by molar-refractivity contribution is 9.10. The van der Waals surface area contributed by atoms with E-state index in [-0.39, 0.29) is 22.9 Å². The second-order valence-electron chi connectivity index (χ2n) is 9.53. The van der Waals surface area contributed by atoms with E-state index in [0.29, 0.717) is 36.9 Å². The van der Waals surface area contributed by atoms with Gasteiger partial charge in [0.05, 0.1) is 28.6 Å². The predicted molar refractivity (Wildman–Crippen MR) is 164 cm³/mol. The molecule has 42 heavy (non-hydrogen) atoms. The number of nitrogens with zero attached hydrogens (tertiary/aromatic N) is 2. The van der Waals surface area contributed by atoms with Crippen molar-refractivity contribution in [3.05, 3.63) is 77.3 Å². The van der Waals surface area contributed by atoms with Gasteiger partial charge < -0.3 is 14.8 Å². The molecule has 0 saturated carbocycles. The molecule has 0 unspecified atom stereocenters. The van der Waals surface area contributed by atoms with Crippen molar-refractivity contribution in [1.82, 2.24) is 9.62 Å². The van der Waals surface area contributed by atoms with Crippen LogP contribution >= 0.6 is 15.9 Å². The van der Waals surface area contributed by atoms with Crippen LogP contribution in [-0.4, -0.2) is 66.4 Å². The van der Waals surface area contributed by atoms with E-state index in [1.54, 1.807) is 48.5 Å². The molecule has 1 heterocycles. The molecule has 10 nitrogen and oxygen atoms in total. The molecule has 13 heteroatoms. The number of piperidine rings is 1. The zero-order valence-corrected chi connectivity index (χ0v) is 26.5. The summed E-state index contributed by atoms with van der Waals surface area (Å²) < 4.78 is 67.1. The molecular weight excluding hydrogens is 646 g/mol. The molecule has 3 aromatic carbocycles. The number of halogens is 1. The Morgan fingerprint density at radius 2 is 1.40 bits per heavy atom. The van der Waals surface area contributed by atoms with Crippen LogP contribution in [-0.2, 0) is 24.8 Å². The Morgan fingerprint density at radius 1 is 0.833 bits per heavy atom. The Bertz CT molecular complexity index is 1540. The predicted octanol–water partition coefficient (Wildman–Crippen LogP) is 4.41. The van der Waals surface area contributed by atoms with E-state index in [4.69, 9.17) is 9.47 Å². The highest BCUT2D eigenvalue weighted by Crippen LogP contribution is 2.27. The van der Waals surface area contributed by atoms with E-state index >= 15 is 0 Å². The zero-order chi connectivity index (χ0) is 30.2. The molecule has 0 aliphatic carbocycles. The molecule has 1 aliphatic rings. The third-order valence-electron chi connectivity index (χ3n) is 6.59. The Kier molecular flexibility index (Phi) is 10.9. The van der Waals surface area contributed by atoms with Crippen molar-refractivity contribution in [3.8, 4) is 11.5 Å². The minimum Gasteiger partial charge on any atom is -0.494 e. The van der Waals surface area contributed by atoms with Gasteiger partial charge in [-0.25, -0.2) is 16.8 Å². The van der Waals surface area contributed by atoms with Gasteiger partial charge in [-0.2, -0.15) is 4.31 Å². The number of rotatable bonds is 13. The lowest BCUT2D eigenvalue weighted by atomic mass is 10.2. The third-order valence-corrected chi connectivity index (χ3v) is 10.8. The molecule has 4 rings (SSSR count). The largest absolute Gasteiger partial charge is 0.494 e. The molecule has 0 spiro atoms. The van der Waals surface area contributed by atoms with Crippen LogP contribution in [0, 0.1) is 0 Å². The number of amides is 1. The Labute approximate surface area is 255 Å². The molecule has 1 saturated heterocycles. The number of hydrogen-bond acceptors (Lipinski definition) is 7. The van der Waals surface area contributed by atoms with Crippen LogP contribution in [0.25, 0.3) is 0 Å². The Hall–Kier alpha value is -3.13. The van der Waals surface area contributed by atoms with Crippen molar-refractivity contribution in [2.75, 3.05) is 43.7 Å². The second-order valence-corrected chi connectivity index (χ2v) is 14.2. The van der Waals surface area contributed by atoms with Gasteiger partial charge in [0.25, 0.3) is 10.0 Å². The summed E-state index contributed by atoms with van der Waals surface area (Å²) in [7, 11) is -7.59. The number of carbonyl (C=O) groups excluding carboxylic acids is 1. The van der Waals surface area contributed by atoms with Gasteiger partial charge in [0.2, 0.25) is 15.9 Å². The summed E-state index contributed by atoms with van der Waals surface area (Å²) in [4.78, 5) is 13.1. The number of benzene rings is 3. The summed E-state index contributed by atoms with van der Waals surface area (Å²) >= 11 is 3.31. The first-order valence-electron chi connectivity index (χ1n) is 13.6. The average molecular weight is 681 g/mol. The van der Waals surface area contributed by atoms with Gasteiger partial charge in [0, 0.05) is 17.6 Å². The SMILES string of the molecule is CCOc1ccc(N(CC(=O)NCCOc2ccc(S(=O)(=O)N3CCCCC3)cc2)S(=O)(=O)c2ccc(Br)cc2)cc1. The lowest BCUT2D eigenvalue weighted by Gasteiger charge is -2.25. The smallest absolute Gasteiger partial charge is 0.264 e. The van der Waals surface area contributed by atoms with E-state index in [1.807, 2.05) is 6.92 Å². The van der Waals surface area contributed by atoms with Crippen molar-refractivity contribution in [2.45, 2.75) is 36.0 Å². The lowest BCUT2D eigenvalue weighted by molar-refractivity contribution is -0.119. The van der Waals surface area contributed by atoms with E-state index < -0.39 is 32.5 Å². The zero-order valence-electron chi connectivity index (χ0n) is 23.2. The van der Waals surface area contributed by atoms with Crippen LogP contribution in [0.1, 0.15) is 26.2 Å². The van der Waals surface area contributed by atoms with E-state index in [0.717, 1.165) is 28.0 Å². The lowest BCUT2D eigenvalue weighted by Crippen LogP contribution is -2.41. The van der Waals surface area contributed by atoms with Gasteiger partial charge in [-0.15, -0.1) is 0 Å². The monoisotopic (exact) mass is 679 g/mol.